The molecule has 6 nitrogen and oxygen atoms in total. The van der Waals surface area contributed by atoms with Crippen LogP contribution in [-0.4, -0.2) is 26.1 Å². The van der Waals surface area contributed by atoms with E-state index in [0.717, 1.165) is 12.0 Å². The van der Waals surface area contributed by atoms with Crippen LogP contribution in [0.25, 0.3) is 11.5 Å². The van der Waals surface area contributed by atoms with Gasteiger partial charge in [-0.3, -0.25) is 9.78 Å². The number of ketones is 1. The molecular formula is C17H15N3O3. The lowest BCUT2D eigenvalue weighted by atomic mass is 10.1. The van der Waals surface area contributed by atoms with E-state index in [1.54, 1.807) is 36.7 Å². The van der Waals surface area contributed by atoms with E-state index in [9.17, 15) is 9.90 Å². The minimum absolute atomic E-state index is 0.0227. The van der Waals surface area contributed by atoms with Gasteiger partial charge in [0.25, 0.3) is 5.89 Å². The third-order valence-corrected chi connectivity index (χ3v) is 3.38. The molecule has 6 heteroatoms. The van der Waals surface area contributed by atoms with E-state index in [2.05, 4.69) is 15.2 Å². The van der Waals surface area contributed by atoms with Crippen molar-refractivity contribution in [3.63, 3.8) is 0 Å². The van der Waals surface area contributed by atoms with Crippen LogP contribution in [-0.2, 0) is 6.42 Å². The number of phenols is 1. The van der Waals surface area contributed by atoms with Crippen molar-refractivity contribution in [1.82, 2.24) is 15.2 Å². The van der Waals surface area contributed by atoms with Gasteiger partial charge < -0.3 is 9.52 Å². The Morgan fingerprint density at radius 2 is 1.96 bits per heavy atom. The topological polar surface area (TPSA) is 89.1 Å². The number of benzene rings is 1. The fraction of sp³-hybridized carbons (Fsp3) is 0.176. The van der Waals surface area contributed by atoms with Gasteiger partial charge in [0, 0.05) is 18.8 Å². The molecule has 2 heterocycles. The SMILES string of the molecule is O=C(CCCc1ccc(O)cc1)c1nnc(-c2cccnc2)o1. The Hall–Kier alpha value is -3.02. The van der Waals surface area contributed by atoms with Crippen molar-refractivity contribution >= 4 is 5.78 Å². The van der Waals surface area contributed by atoms with Gasteiger partial charge in [-0.25, -0.2) is 0 Å². The first kappa shape index (κ1) is 14.9. The molecule has 3 rings (SSSR count). The van der Waals surface area contributed by atoms with E-state index >= 15 is 0 Å². The second-order valence-corrected chi connectivity index (χ2v) is 5.10. The van der Waals surface area contributed by atoms with Crippen LogP contribution in [0.2, 0.25) is 0 Å². The first-order chi connectivity index (χ1) is 11.2. The number of carbonyl (C=O) groups excluding carboxylic acids is 1. The molecule has 0 aliphatic rings. The normalized spacial score (nSPS) is 10.6. The zero-order chi connectivity index (χ0) is 16.1. The molecule has 2 aromatic heterocycles. The van der Waals surface area contributed by atoms with E-state index in [1.165, 1.54) is 0 Å². The van der Waals surface area contributed by atoms with Crippen LogP contribution >= 0.6 is 0 Å². The highest BCUT2D eigenvalue weighted by Gasteiger charge is 2.15. The Balaban J connectivity index is 1.56. The third-order valence-electron chi connectivity index (χ3n) is 3.38. The van der Waals surface area contributed by atoms with Gasteiger partial charge >= 0.3 is 0 Å². The number of hydrogen-bond acceptors (Lipinski definition) is 6. The summed E-state index contributed by atoms with van der Waals surface area (Å²) in [5.41, 5.74) is 1.75. The summed E-state index contributed by atoms with van der Waals surface area (Å²) in [5, 5.41) is 16.9. The summed E-state index contributed by atoms with van der Waals surface area (Å²) in [4.78, 5) is 16.1. The summed E-state index contributed by atoms with van der Waals surface area (Å²) in [6.07, 6.45) is 5.00. The van der Waals surface area contributed by atoms with Gasteiger partial charge in [-0.05, 0) is 42.7 Å². The maximum Gasteiger partial charge on any atom is 0.284 e. The van der Waals surface area contributed by atoms with E-state index < -0.39 is 0 Å². The zero-order valence-electron chi connectivity index (χ0n) is 12.3. The van der Waals surface area contributed by atoms with Crippen LogP contribution in [0.15, 0.2) is 53.2 Å². The molecule has 0 amide bonds. The average molecular weight is 309 g/mol. The van der Waals surface area contributed by atoms with Crippen molar-refractivity contribution in [2.45, 2.75) is 19.3 Å². The predicted octanol–water partition coefficient (Wildman–Crippen LogP) is 3.04. The quantitative estimate of drug-likeness (QED) is 0.704. The van der Waals surface area contributed by atoms with Crippen molar-refractivity contribution in [2.24, 2.45) is 0 Å². The fourth-order valence-electron chi connectivity index (χ4n) is 2.16. The van der Waals surface area contributed by atoms with Crippen LogP contribution in [0.3, 0.4) is 0 Å². The molecule has 0 saturated heterocycles. The van der Waals surface area contributed by atoms with Gasteiger partial charge in [0.05, 0.1) is 5.56 Å². The smallest absolute Gasteiger partial charge is 0.284 e. The molecule has 1 N–H and O–H groups in total. The fourth-order valence-corrected chi connectivity index (χ4v) is 2.16. The van der Waals surface area contributed by atoms with E-state index in [4.69, 9.17) is 4.42 Å². The summed E-state index contributed by atoms with van der Waals surface area (Å²) < 4.78 is 5.41. The van der Waals surface area contributed by atoms with Crippen LogP contribution in [0.4, 0.5) is 0 Å². The molecule has 0 fully saturated rings. The largest absolute Gasteiger partial charge is 0.508 e. The van der Waals surface area contributed by atoms with E-state index in [-0.39, 0.29) is 17.4 Å². The first-order valence-electron chi connectivity index (χ1n) is 7.27. The number of phenolic OH excluding ortho intramolecular Hbond substituents is 1. The van der Waals surface area contributed by atoms with Crippen molar-refractivity contribution < 1.29 is 14.3 Å². The maximum atomic E-state index is 12.1. The molecule has 0 radical (unpaired) electrons. The molecule has 1 aromatic carbocycles. The number of carbonyl (C=O) groups is 1. The lowest BCUT2D eigenvalue weighted by molar-refractivity contribution is 0.0947. The lowest BCUT2D eigenvalue weighted by Gasteiger charge is -2.00. The van der Waals surface area contributed by atoms with Crippen LogP contribution in [0, 0.1) is 0 Å². The predicted molar refractivity (Wildman–Crippen MR) is 82.9 cm³/mol. The Morgan fingerprint density at radius 1 is 1.13 bits per heavy atom. The third kappa shape index (κ3) is 3.79. The van der Waals surface area contributed by atoms with E-state index in [1.807, 2.05) is 12.1 Å². The number of Topliss-reactive ketones (excluding diaryl/α,β-unsaturated/α-hetero) is 1. The molecule has 0 aliphatic carbocycles. The highest BCUT2D eigenvalue weighted by Crippen LogP contribution is 2.17. The molecule has 0 aliphatic heterocycles. The van der Waals surface area contributed by atoms with Gasteiger partial charge in [-0.2, -0.15) is 0 Å². The monoisotopic (exact) mass is 309 g/mol. The zero-order valence-corrected chi connectivity index (χ0v) is 12.3. The van der Waals surface area contributed by atoms with Crippen LogP contribution in [0.1, 0.15) is 29.1 Å². The van der Waals surface area contributed by atoms with Crippen LogP contribution in [0.5, 0.6) is 5.75 Å². The highest BCUT2D eigenvalue weighted by molar-refractivity contribution is 5.91. The number of hydrogen-bond donors (Lipinski definition) is 1. The maximum absolute atomic E-state index is 12.1. The van der Waals surface area contributed by atoms with Crippen LogP contribution < -0.4 is 0 Å². The number of nitrogens with zero attached hydrogens (tertiary/aromatic N) is 3. The Kier molecular flexibility index (Phi) is 4.42. The Labute approximate surface area is 132 Å². The summed E-state index contributed by atoms with van der Waals surface area (Å²) in [6, 6.07) is 10.5. The number of pyridine rings is 1. The molecule has 116 valence electrons. The van der Waals surface area contributed by atoms with Gasteiger partial charge in [0.2, 0.25) is 11.7 Å². The van der Waals surface area contributed by atoms with Gasteiger partial charge in [-0.1, -0.05) is 12.1 Å². The minimum Gasteiger partial charge on any atom is -0.508 e. The molecule has 0 spiro atoms. The summed E-state index contributed by atoms with van der Waals surface area (Å²) in [5.74, 6) is 0.375. The second kappa shape index (κ2) is 6.83. The minimum atomic E-state index is -0.175. The van der Waals surface area contributed by atoms with Gasteiger partial charge in [0.15, 0.2) is 0 Å². The standard InChI is InChI=1S/C17H15N3O3/c21-14-8-6-12(7-9-14)3-1-5-15(22)17-20-19-16(23-17)13-4-2-10-18-11-13/h2,4,6-11,21H,1,3,5H2. The Morgan fingerprint density at radius 3 is 2.70 bits per heavy atom. The molecule has 0 saturated carbocycles. The first-order valence-corrected chi connectivity index (χ1v) is 7.27. The van der Waals surface area contributed by atoms with Crippen molar-refractivity contribution in [2.75, 3.05) is 0 Å². The molecule has 0 atom stereocenters. The molecular weight excluding hydrogens is 294 g/mol. The second-order valence-electron chi connectivity index (χ2n) is 5.10. The molecule has 3 aromatic rings. The number of rotatable bonds is 6. The average Bonchev–Trinajstić information content (AvgIpc) is 3.07. The summed E-state index contributed by atoms with van der Waals surface area (Å²) in [6.45, 7) is 0. The summed E-state index contributed by atoms with van der Waals surface area (Å²) >= 11 is 0. The van der Waals surface area contributed by atoms with Gasteiger partial charge in [0.1, 0.15) is 5.75 Å². The van der Waals surface area contributed by atoms with Crippen molar-refractivity contribution in [3.05, 3.63) is 60.2 Å². The lowest BCUT2D eigenvalue weighted by Crippen LogP contribution is -2.00. The Bertz CT molecular complexity index is 782. The number of aryl methyl sites for hydroxylation is 1. The van der Waals surface area contributed by atoms with E-state index in [0.29, 0.717) is 24.3 Å². The molecule has 0 unspecified atom stereocenters. The highest BCUT2D eigenvalue weighted by atomic mass is 16.4. The number of aromatic hydroxyl groups is 1. The van der Waals surface area contributed by atoms with Crippen molar-refractivity contribution in [1.29, 1.82) is 0 Å². The van der Waals surface area contributed by atoms with Crippen molar-refractivity contribution in [3.8, 4) is 17.2 Å². The molecule has 23 heavy (non-hydrogen) atoms. The number of aromatic nitrogens is 3. The summed E-state index contributed by atoms with van der Waals surface area (Å²) in [7, 11) is 0. The van der Waals surface area contributed by atoms with Gasteiger partial charge in [-0.15, -0.1) is 10.2 Å². The molecule has 0 bridgehead atoms.